The van der Waals surface area contributed by atoms with Crippen molar-refractivity contribution in [1.82, 2.24) is 4.90 Å². The number of hydrogen-bond acceptors (Lipinski definition) is 2. The summed E-state index contributed by atoms with van der Waals surface area (Å²) in [5, 5.41) is 0. The third-order valence-corrected chi connectivity index (χ3v) is 3.18. The van der Waals surface area contributed by atoms with Gasteiger partial charge >= 0.3 is 6.09 Å². The van der Waals surface area contributed by atoms with Gasteiger partial charge in [-0.05, 0) is 24.0 Å². The lowest BCUT2D eigenvalue weighted by molar-refractivity contribution is 0.0835. The highest BCUT2D eigenvalue weighted by molar-refractivity contribution is 5.69. The number of nitrogens with zero attached hydrogens (tertiary/aromatic N) is 1. The second-order valence-corrected chi connectivity index (χ2v) is 4.71. The van der Waals surface area contributed by atoms with Crippen molar-refractivity contribution in [3.63, 3.8) is 0 Å². The van der Waals surface area contributed by atoms with Gasteiger partial charge in [0, 0.05) is 6.54 Å². The molecule has 1 unspecified atom stereocenters. The van der Waals surface area contributed by atoms with Gasteiger partial charge in [0.15, 0.2) is 0 Å². The van der Waals surface area contributed by atoms with Crippen LogP contribution in [0.2, 0.25) is 0 Å². The van der Waals surface area contributed by atoms with Crippen LogP contribution in [-0.2, 0) is 11.3 Å². The topological polar surface area (TPSA) is 29.5 Å². The van der Waals surface area contributed by atoms with Crippen molar-refractivity contribution >= 4 is 6.09 Å². The predicted molar refractivity (Wildman–Crippen MR) is 66.6 cm³/mol. The molecule has 0 fully saturated rings. The molecule has 0 N–H and O–H groups in total. The highest BCUT2D eigenvalue weighted by atomic mass is 16.6. The summed E-state index contributed by atoms with van der Waals surface area (Å²) in [5.74, 6) is 0.392. The first-order chi connectivity index (χ1) is 8.15. The molecule has 1 heterocycles. The van der Waals surface area contributed by atoms with Crippen molar-refractivity contribution in [2.24, 2.45) is 5.92 Å². The zero-order valence-electron chi connectivity index (χ0n) is 10.6. The summed E-state index contributed by atoms with van der Waals surface area (Å²) >= 11 is 0. The molecule has 0 radical (unpaired) electrons. The summed E-state index contributed by atoms with van der Waals surface area (Å²) < 4.78 is 5.12. The molecule has 0 aliphatic carbocycles. The first kappa shape index (κ1) is 12.0. The molecule has 1 aliphatic heterocycles. The fourth-order valence-corrected chi connectivity index (χ4v) is 2.52. The van der Waals surface area contributed by atoms with Gasteiger partial charge in [-0.2, -0.15) is 0 Å². The molecule has 3 heteroatoms. The third kappa shape index (κ3) is 2.14. The number of rotatable bonds is 2. The van der Waals surface area contributed by atoms with Crippen LogP contribution in [0.5, 0.6) is 0 Å². The highest BCUT2D eigenvalue weighted by Gasteiger charge is 2.35. The number of carbonyl (C=O) groups excluding carboxylic acids is 1. The van der Waals surface area contributed by atoms with Gasteiger partial charge in [-0.25, -0.2) is 4.79 Å². The highest BCUT2D eigenvalue weighted by Crippen LogP contribution is 2.38. The van der Waals surface area contributed by atoms with Gasteiger partial charge < -0.3 is 4.74 Å². The lowest BCUT2D eigenvalue weighted by Crippen LogP contribution is -2.32. The minimum Gasteiger partial charge on any atom is -0.450 e. The molecule has 2 rings (SSSR count). The van der Waals surface area contributed by atoms with Crippen LogP contribution in [0.3, 0.4) is 0 Å². The Morgan fingerprint density at radius 1 is 1.47 bits per heavy atom. The normalized spacial score (nSPS) is 18.4. The lowest BCUT2D eigenvalue weighted by Gasteiger charge is -2.27. The summed E-state index contributed by atoms with van der Waals surface area (Å²) in [6.45, 7) is 7.21. The van der Waals surface area contributed by atoms with Gasteiger partial charge in [0.2, 0.25) is 0 Å². The zero-order valence-corrected chi connectivity index (χ0v) is 10.6. The Labute approximate surface area is 102 Å². The Morgan fingerprint density at radius 2 is 2.18 bits per heavy atom. The van der Waals surface area contributed by atoms with Crippen LogP contribution in [-0.4, -0.2) is 17.6 Å². The second-order valence-electron chi connectivity index (χ2n) is 4.71. The molecule has 0 aromatic heterocycles. The third-order valence-electron chi connectivity index (χ3n) is 3.18. The van der Waals surface area contributed by atoms with Crippen LogP contribution in [0.4, 0.5) is 4.79 Å². The second kappa shape index (κ2) is 4.78. The predicted octanol–water partition coefficient (Wildman–Crippen LogP) is 3.36. The van der Waals surface area contributed by atoms with E-state index >= 15 is 0 Å². The number of fused-ring (bicyclic) bond motifs is 1. The number of ether oxygens (including phenoxy) is 1. The number of hydrogen-bond donors (Lipinski definition) is 0. The van der Waals surface area contributed by atoms with Gasteiger partial charge in [0.1, 0.15) is 0 Å². The van der Waals surface area contributed by atoms with Gasteiger partial charge in [-0.1, -0.05) is 38.1 Å². The first-order valence-corrected chi connectivity index (χ1v) is 6.16. The first-order valence-electron chi connectivity index (χ1n) is 6.16. The quantitative estimate of drug-likeness (QED) is 0.784. The number of benzene rings is 1. The Bertz CT molecular complexity index is 414. The zero-order chi connectivity index (χ0) is 12.4. The van der Waals surface area contributed by atoms with E-state index in [1.165, 1.54) is 11.1 Å². The van der Waals surface area contributed by atoms with Crippen molar-refractivity contribution < 1.29 is 9.53 Å². The largest absolute Gasteiger partial charge is 0.450 e. The number of carbonyl (C=O) groups is 1. The van der Waals surface area contributed by atoms with Crippen LogP contribution in [0.15, 0.2) is 24.3 Å². The summed E-state index contributed by atoms with van der Waals surface area (Å²) in [6, 6.07) is 8.39. The summed E-state index contributed by atoms with van der Waals surface area (Å²) in [7, 11) is 0. The van der Waals surface area contributed by atoms with E-state index < -0.39 is 0 Å². The van der Waals surface area contributed by atoms with Crippen LogP contribution in [0.1, 0.15) is 37.9 Å². The monoisotopic (exact) mass is 233 g/mol. The SMILES string of the molecule is CCOC(=O)N1Cc2ccccc2C1C(C)C. The molecule has 0 saturated heterocycles. The van der Waals surface area contributed by atoms with Crippen molar-refractivity contribution in [1.29, 1.82) is 0 Å². The van der Waals surface area contributed by atoms with E-state index in [1.54, 1.807) is 0 Å². The maximum atomic E-state index is 11.9. The Kier molecular flexibility index (Phi) is 3.36. The van der Waals surface area contributed by atoms with E-state index in [2.05, 4.69) is 26.0 Å². The van der Waals surface area contributed by atoms with E-state index in [0.717, 1.165) is 0 Å². The van der Waals surface area contributed by atoms with Crippen LogP contribution in [0, 0.1) is 5.92 Å². The molecule has 3 nitrogen and oxygen atoms in total. The average molecular weight is 233 g/mol. The standard InChI is InChI=1S/C14H19NO2/c1-4-17-14(16)15-9-11-7-5-6-8-12(11)13(15)10(2)3/h5-8,10,13H,4,9H2,1-3H3. The molecule has 92 valence electrons. The van der Waals surface area contributed by atoms with Crippen LogP contribution < -0.4 is 0 Å². The fraction of sp³-hybridized carbons (Fsp3) is 0.500. The molecular formula is C14H19NO2. The van der Waals surface area contributed by atoms with E-state index in [1.807, 2.05) is 24.0 Å². The molecule has 17 heavy (non-hydrogen) atoms. The molecule has 0 spiro atoms. The van der Waals surface area contributed by atoms with Crippen LogP contribution in [0.25, 0.3) is 0 Å². The summed E-state index contributed by atoms with van der Waals surface area (Å²) in [4.78, 5) is 13.8. The van der Waals surface area contributed by atoms with Gasteiger partial charge in [-0.3, -0.25) is 4.90 Å². The molecule has 0 saturated carbocycles. The molecule has 1 aromatic carbocycles. The van der Waals surface area contributed by atoms with Gasteiger partial charge in [0.25, 0.3) is 0 Å². The van der Waals surface area contributed by atoms with Crippen molar-refractivity contribution in [3.8, 4) is 0 Å². The van der Waals surface area contributed by atoms with E-state index in [9.17, 15) is 4.79 Å². The lowest BCUT2D eigenvalue weighted by atomic mass is 9.96. The maximum absolute atomic E-state index is 11.9. The van der Waals surface area contributed by atoms with Gasteiger partial charge in [-0.15, -0.1) is 0 Å². The van der Waals surface area contributed by atoms with Crippen molar-refractivity contribution in [3.05, 3.63) is 35.4 Å². The molecule has 0 bridgehead atoms. The number of amides is 1. The molecular weight excluding hydrogens is 214 g/mol. The van der Waals surface area contributed by atoms with Crippen molar-refractivity contribution in [2.75, 3.05) is 6.61 Å². The Hall–Kier alpha value is -1.51. The Morgan fingerprint density at radius 3 is 2.82 bits per heavy atom. The average Bonchev–Trinajstić information content (AvgIpc) is 2.68. The molecule has 1 atom stereocenters. The Balaban J connectivity index is 2.30. The van der Waals surface area contributed by atoms with Gasteiger partial charge in [0.05, 0.1) is 12.6 Å². The minimum absolute atomic E-state index is 0.144. The van der Waals surface area contributed by atoms with E-state index in [-0.39, 0.29) is 12.1 Å². The smallest absolute Gasteiger partial charge is 0.410 e. The summed E-state index contributed by atoms with van der Waals surface area (Å²) in [5.41, 5.74) is 2.50. The fourth-order valence-electron chi connectivity index (χ4n) is 2.52. The van der Waals surface area contributed by atoms with Crippen molar-refractivity contribution in [2.45, 2.75) is 33.4 Å². The van der Waals surface area contributed by atoms with E-state index in [4.69, 9.17) is 4.74 Å². The maximum Gasteiger partial charge on any atom is 0.410 e. The minimum atomic E-state index is -0.206. The summed E-state index contributed by atoms with van der Waals surface area (Å²) in [6.07, 6.45) is -0.206. The van der Waals surface area contributed by atoms with E-state index in [0.29, 0.717) is 19.1 Å². The molecule has 1 aromatic rings. The van der Waals surface area contributed by atoms with Crippen LogP contribution >= 0.6 is 0 Å². The molecule has 1 amide bonds. The molecule has 1 aliphatic rings.